The topological polar surface area (TPSA) is 299 Å². The van der Waals surface area contributed by atoms with Gasteiger partial charge in [-0.1, -0.05) is 33.6 Å². The number of aliphatic hydroxyl groups is 2. The van der Waals surface area contributed by atoms with Crippen LogP contribution in [0, 0.1) is 5.92 Å². The molecule has 48 heavy (non-hydrogen) atoms. The van der Waals surface area contributed by atoms with Crippen LogP contribution in [0.2, 0.25) is 0 Å². The number of nitrogens with zero attached hydrogens (tertiary/aromatic N) is 2. The van der Waals surface area contributed by atoms with Crippen molar-refractivity contribution in [3.05, 3.63) is 18.2 Å². The number of aromatic nitrogens is 2. The minimum atomic E-state index is -5.07. The minimum absolute atomic E-state index is 0.0544. The average molecular weight is 707 g/mol. The molecule has 6 atom stereocenters. The zero-order chi connectivity index (χ0) is 36.6. The molecular weight excluding hydrogens is 655 g/mol. The second-order valence-electron chi connectivity index (χ2n) is 11.8. The Morgan fingerprint density at radius 1 is 1.06 bits per heavy atom. The van der Waals surface area contributed by atoms with E-state index in [4.69, 9.17) is 15.5 Å². The summed E-state index contributed by atoms with van der Waals surface area (Å²) in [5.74, 6) is -3.85. The summed E-state index contributed by atoms with van der Waals surface area (Å²) in [5.41, 5.74) is 5.74. The Bertz CT molecular complexity index is 1230. The van der Waals surface area contributed by atoms with E-state index in [0.717, 1.165) is 26.2 Å². The quantitative estimate of drug-likeness (QED) is 0.0327. The number of primary amides is 1. The summed E-state index contributed by atoms with van der Waals surface area (Å²) in [6, 6.07) is -5.59. The van der Waals surface area contributed by atoms with E-state index in [1.54, 1.807) is 0 Å². The van der Waals surface area contributed by atoms with Crippen LogP contribution in [0.4, 0.5) is 0 Å². The van der Waals surface area contributed by atoms with Crippen molar-refractivity contribution in [1.29, 1.82) is 0 Å². The number of nitrogens with one attached hydrogen (secondary N) is 5. The van der Waals surface area contributed by atoms with Crippen molar-refractivity contribution >= 4 is 37.4 Å². The molecule has 1 aromatic rings. The third-order valence-electron chi connectivity index (χ3n) is 7.12. The molecule has 6 unspecified atom stereocenters. The molecular formula is C28H51N8O11P. The van der Waals surface area contributed by atoms with Crippen LogP contribution in [0.1, 0.15) is 66.0 Å². The van der Waals surface area contributed by atoms with Crippen molar-refractivity contribution < 1.29 is 53.1 Å². The molecule has 274 valence electrons. The minimum Gasteiger partial charge on any atom is -0.394 e. The molecule has 0 aromatic carbocycles. The molecule has 0 saturated carbocycles. The normalized spacial score (nSPS) is 15.5. The summed E-state index contributed by atoms with van der Waals surface area (Å²) >= 11 is 0. The number of aromatic amines is 1. The van der Waals surface area contributed by atoms with Gasteiger partial charge in [-0.2, -0.15) is 0 Å². The first-order valence-corrected chi connectivity index (χ1v) is 17.1. The number of carbonyl (C=O) groups excluding carboxylic acids is 5. The maximum atomic E-state index is 13.6. The molecule has 5 amide bonds. The van der Waals surface area contributed by atoms with E-state index in [1.807, 2.05) is 20.8 Å². The first kappa shape index (κ1) is 42.6. The number of imidazole rings is 1. The predicted molar refractivity (Wildman–Crippen MR) is 171 cm³/mol. The number of aliphatic hydroxyl groups excluding tert-OH is 2. The largest absolute Gasteiger partial charge is 0.469 e. The molecule has 19 nitrogen and oxygen atoms in total. The highest BCUT2D eigenvalue weighted by atomic mass is 31.2. The fraction of sp³-hybridized carbons (Fsp3) is 0.714. The lowest BCUT2D eigenvalue weighted by Crippen LogP contribution is -2.62. The summed E-state index contributed by atoms with van der Waals surface area (Å²) in [6.07, 6.45) is 2.18. The second kappa shape index (κ2) is 20.8. The zero-order valence-corrected chi connectivity index (χ0v) is 28.8. The van der Waals surface area contributed by atoms with Gasteiger partial charge < -0.3 is 51.6 Å². The lowest BCUT2D eigenvalue weighted by Gasteiger charge is -2.31. The average Bonchev–Trinajstić information content (AvgIpc) is 3.49. The summed E-state index contributed by atoms with van der Waals surface area (Å²) in [6.45, 7) is 7.34. The van der Waals surface area contributed by atoms with Crippen molar-refractivity contribution in [3.8, 4) is 0 Å². The molecule has 0 aliphatic heterocycles. The van der Waals surface area contributed by atoms with Gasteiger partial charge in [0.05, 0.1) is 31.6 Å². The Morgan fingerprint density at radius 2 is 1.71 bits per heavy atom. The number of phosphoric acid groups is 1. The molecule has 11 N–H and O–H groups in total. The number of nitrogens with two attached hydrogens (primary N) is 1. The lowest BCUT2D eigenvalue weighted by atomic mass is 10.0. The molecule has 0 aliphatic rings. The molecule has 0 aliphatic carbocycles. The van der Waals surface area contributed by atoms with E-state index in [0.29, 0.717) is 12.2 Å². The molecule has 0 fully saturated rings. The van der Waals surface area contributed by atoms with E-state index in [2.05, 4.69) is 35.8 Å². The lowest BCUT2D eigenvalue weighted by molar-refractivity contribution is -0.136. The number of carbonyl (C=O) groups is 5. The van der Waals surface area contributed by atoms with Crippen LogP contribution in [0.15, 0.2) is 12.5 Å². The highest BCUT2D eigenvalue weighted by molar-refractivity contribution is 7.46. The SMILES string of the molecule is CCCCCN(CC(=O)NC(CC(C)C)C(=O)NC(Cc1cnc[nH]1)C(O)NC(CO)C(=O)NC(C(N)=O)C(C)OP(=O)(O)O)C(C)=O. The van der Waals surface area contributed by atoms with Gasteiger partial charge in [0.15, 0.2) is 0 Å². The summed E-state index contributed by atoms with van der Waals surface area (Å²) in [5, 5.41) is 31.0. The number of amides is 5. The number of unbranched alkanes of at least 4 members (excludes halogenated alkanes) is 2. The molecule has 0 bridgehead atoms. The van der Waals surface area contributed by atoms with Crippen LogP contribution in [0.25, 0.3) is 0 Å². The third-order valence-corrected chi connectivity index (χ3v) is 7.73. The molecule has 0 radical (unpaired) electrons. The van der Waals surface area contributed by atoms with Crippen LogP contribution in [-0.2, 0) is 39.5 Å². The van der Waals surface area contributed by atoms with Crippen molar-refractivity contribution in [2.45, 2.75) is 103 Å². The van der Waals surface area contributed by atoms with Crippen LogP contribution >= 0.6 is 7.82 Å². The highest BCUT2D eigenvalue weighted by Gasteiger charge is 2.35. The number of hydrogen-bond donors (Lipinski definition) is 10. The summed E-state index contributed by atoms with van der Waals surface area (Å²) in [7, 11) is -5.07. The standard InChI is InChI=1S/C28H51N8O11P/c1-6-7-8-9-36(18(5)38)13-23(39)32-20(10-16(2)3)26(41)33-21(11-19-12-30-15-31-19)27(42)34-22(14-37)28(43)35-24(25(29)40)17(4)47-48(44,45)46/h12,15-17,20-22,24,27,34,37,42H,6-11,13-14H2,1-5H3,(H2,29,40)(H,30,31)(H,32,39)(H,33,41)(H,35,43)(H2,44,45,46). The maximum Gasteiger partial charge on any atom is 0.469 e. The second-order valence-corrected chi connectivity index (χ2v) is 13.0. The maximum absolute atomic E-state index is 13.6. The first-order valence-electron chi connectivity index (χ1n) is 15.6. The molecule has 0 saturated heterocycles. The fourth-order valence-electron chi connectivity index (χ4n) is 4.66. The fourth-order valence-corrected chi connectivity index (χ4v) is 5.21. The van der Waals surface area contributed by atoms with Gasteiger partial charge in [0.2, 0.25) is 29.5 Å². The van der Waals surface area contributed by atoms with E-state index < -0.39 is 74.6 Å². The van der Waals surface area contributed by atoms with E-state index in [9.17, 15) is 38.8 Å². The Morgan fingerprint density at radius 3 is 2.21 bits per heavy atom. The van der Waals surface area contributed by atoms with Gasteiger partial charge in [0.1, 0.15) is 24.4 Å². The molecule has 1 heterocycles. The van der Waals surface area contributed by atoms with Gasteiger partial charge in [-0.3, -0.25) is 33.8 Å². The zero-order valence-electron chi connectivity index (χ0n) is 27.9. The van der Waals surface area contributed by atoms with Gasteiger partial charge >= 0.3 is 7.82 Å². The van der Waals surface area contributed by atoms with Crippen LogP contribution in [0.3, 0.4) is 0 Å². The Kier molecular flexibility index (Phi) is 18.5. The van der Waals surface area contributed by atoms with Crippen molar-refractivity contribution in [1.82, 2.24) is 36.1 Å². The van der Waals surface area contributed by atoms with Crippen molar-refractivity contribution in [3.63, 3.8) is 0 Å². The van der Waals surface area contributed by atoms with Crippen LogP contribution < -0.4 is 27.0 Å². The van der Waals surface area contributed by atoms with Gasteiger partial charge in [-0.25, -0.2) is 9.55 Å². The summed E-state index contributed by atoms with van der Waals surface area (Å²) in [4.78, 5) is 89.7. The van der Waals surface area contributed by atoms with Gasteiger partial charge in [-0.05, 0) is 25.7 Å². The number of hydrogen-bond acceptors (Lipinski definition) is 11. The van der Waals surface area contributed by atoms with Crippen LogP contribution in [-0.4, -0.2) is 121 Å². The third kappa shape index (κ3) is 16.1. The van der Waals surface area contributed by atoms with Gasteiger partial charge in [0, 0.05) is 31.8 Å². The number of rotatable bonds is 23. The monoisotopic (exact) mass is 706 g/mol. The number of H-pyrrole nitrogens is 1. The van der Waals surface area contributed by atoms with E-state index >= 15 is 0 Å². The van der Waals surface area contributed by atoms with Crippen LogP contribution in [0.5, 0.6) is 0 Å². The Labute approximate surface area is 279 Å². The highest BCUT2D eigenvalue weighted by Crippen LogP contribution is 2.38. The molecule has 1 aromatic heterocycles. The van der Waals surface area contributed by atoms with E-state index in [-0.39, 0.29) is 31.2 Å². The predicted octanol–water partition coefficient (Wildman–Crippen LogP) is -2.26. The van der Waals surface area contributed by atoms with Crippen molar-refractivity contribution in [2.24, 2.45) is 11.7 Å². The Balaban J connectivity index is 3.14. The van der Waals surface area contributed by atoms with Crippen molar-refractivity contribution in [2.75, 3.05) is 19.7 Å². The summed E-state index contributed by atoms with van der Waals surface area (Å²) < 4.78 is 15.7. The molecule has 20 heteroatoms. The molecule has 0 spiro atoms. The first-order chi connectivity index (χ1) is 22.4. The van der Waals surface area contributed by atoms with Gasteiger partial charge in [0.25, 0.3) is 0 Å². The van der Waals surface area contributed by atoms with Gasteiger partial charge in [-0.15, -0.1) is 0 Å². The Hall–Kier alpha value is -3.45. The smallest absolute Gasteiger partial charge is 0.394 e. The molecule has 1 rings (SSSR count). The number of phosphoric ester groups is 1. The van der Waals surface area contributed by atoms with E-state index in [1.165, 1.54) is 24.3 Å².